The summed E-state index contributed by atoms with van der Waals surface area (Å²) in [4.78, 5) is 13.6. The zero-order valence-electron chi connectivity index (χ0n) is 9.29. The first kappa shape index (κ1) is 11.7. The molecule has 0 saturated carbocycles. The Morgan fingerprint density at radius 3 is 2.93 bits per heavy atom. The highest BCUT2D eigenvalue weighted by Gasteiger charge is 2.04. The third kappa shape index (κ3) is 4.60. The average Bonchev–Trinajstić information content (AvgIpc) is 2.69. The largest absolute Gasteiger partial charge is 0.352 e. The minimum Gasteiger partial charge on any atom is -0.352 e. The van der Waals surface area contributed by atoms with Crippen molar-refractivity contribution >= 4 is 5.91 Å². The van der Waals surface area contributed by atoms with Crippen molar-refractivity contribution in [2.24, 2.45) is 0 Å². The van der Waals surface area contributed by atoms with Crippen LogP contribution >= 0.6 is 0 Å². The third-order valence-corrected chi connectivity index (χ3v) is 2.08. The van der Waals surface area contributed by atoms with Gasteiger partial charge in [0.25, 0.3) is 5.91 Å². The van der Waals surface area contributed by atoms with Crippen molar-refractivity contribution in [2.75, 3.05) is 27.2 Å². The van der Waals surface area contributed by atoms with Gasteiger partial charge in [-0.25, -0.2) is 0 Å². The summed E-state index contributed by atoms with van der Waals surface area (Å²) in [6.45, 7) is 1.78. The maximum Gasteiger partial charge on any atom is 0.254 e. The van der Waals surface area contributed by atoms with Crippen LogP contribution in [0.15, 0.2) is 12.4 Å². The molecule has 0 atom stereocenters. The lowest BCUT2D eigenvalue weighted by molar-refractivity contribution is 0.0953. The van der Waals surface area contributed by atoms with Gasteiger partial charge in [0, 0.05) is 12.7 Å². The molecule has 1 amide bonds. The summed E-state index contributed by atoms with van der Waals surface area (Å²) >= 11 is 0. The van der Waals surface area contributed by atoms with Crippen LogP contribution in [0.1, 0.15) is 23.2 Å². The summed E-state index contributed by atoms with van der Waals surface area (Å²) in [6.07, 6.45) is 5.21. The Bertz CT molecular complexity index is 282. The number of rotatable bonds is 6. The number of amides is 1. The van der Waals surface area contributed by atoms with E-state index in [0.717, 1.165) is 25.9 Å². The summed E-state index contributed by atoms with van der Waals surface area (Å²) in [5, 5.41) is 9.17. The van der Waals surface area contributed by atoms with Gasteiger partial charge in [-0.05, 0) is 33.5 Å². The second kappa shape index (κ2) is 6.19. The van der Waals surface area contributed by atoms with Gasteiger partial charge in [0.05, 0.1) is 11.8 Å². The first-order chi connectivity index (χ1) is 7.20. The topological polar surface area (TPSA) is 61.0 Å². The molecule has 84 valence electrons. The van der Waals surface area contributed by atoms with Gasteiger partial charge in [-0.2, -0.15) is 5.10 Å². The highest BCUT2D eigenvalue weighted by Crippen LogP contribution is 1.94. The lowest BCUT2D eigenvalue weighted by Gasteiger charge is -2.08. The number of carbonyl (C=O) groups is 1. The molecule has 0 aliphatic heterocycles. The zero-order chi connectivity index (χ0) is 11.1. The summed E-state index contributed by atoms with van der Waals surface area (Å²) in [6, 6.07) is 0. The molecule has 1 aromatic heterocycles. The molecule has 1 heterocycles. The Morgan fingerprint density at radius 2 is 2.33 bits per heavy atom. The smallest absolute Gasteiger partial charge is 0.254 e. The average molecular weight is 210 g/mol. The summed E-state index contributed by atoms with van der Waals surface area (Å²) in [5.74, 6) is -0.0615. The van der Waals surface area contributed by atoms with Crippen molar-refractivity contribution in [3.8, 4) is 0 Å². The maximum absolute atomic E-state index is 11.4. The maximum atomic E-state index is 11.4. The van der Waals surface area contributed by atoms with Crippen LogP contribution in [0.5, 0.6) is 0 Å². The van der Waals surface area contributed by atoms with Crippen molar-refractivity contribution in [2.45, 2.75) is 12.8 Å². The Balaban J connectivity index is 2.08. The van der Waals surface area contributed by atoms with Gasteiger partial charge >= 0.3 is 0 Å². The van der Waals surface area contributed by atoms with E-state index in [-0.39, 0.29) is 5.91 Å². The van der Waals surface area contributed by atoms with E-state index in [1.165, 1.54) is 6.20 Å². The number of aromatic nitrogens is 2. The highest BCUT2D eigenvalue weighted by atomic mass is 16.1. The molecule has 5 heteroatoms. The summed E-state index contributed by atoms with van der Waals surface area (Å²) in [7, 11) is 4.09. The monoisotopic (exact) mass is 210 g/mol. The lowest BCUT2D eigenvalue weighted by atomic mass is 10.3. The quantitative estimate of drug-likeness (QED) is 0.671. The predicted molar refractivity (Wildman–Crippen MR) is 58.7 cm³/mol. The molecular weight excluding hydrogens is 192 g/mol. The Labute approximate surface area is 89.9 Å². The zero-order valence-corrected chi connectivity index (χ0v) is 9.29. The first-order valence-corrected chi connectivity index (χ1v) is 5.12. The number of hydrogen-bond acceptors (Lipinski definition) is 3. The number of carbonyl (C=O) groups excluding carboxylic acids is 1. The molecule has 0 unspecified atom stereocenters. The first-order valence-electron chi connectivity index (χ1n) is 5.12. The van der Waals surface area contributed by atoms with E-state index in [0.29, 0.717) is 5.56 Å². The van der Waals surface area contributed by atoms with Crippen molar-refractivity contribution < 1.29 is 4.79 Å². The van der Waals surface area contributed by atoms with Crippen LogP contribution in [0.2, 0.25) is 0 Å². The van der Waals surface area contributed by atoms with Crippen LogP contribution < -0.4 is 5.32 Å². The molecular formula is C10H18N4O. The molecule has 5 nitrogen and oxygen atoms in total. The molecule has 0 radical (unpaired) electrons. The van der Waals surface area contributed by atoms with Crippen molar-refractivity contribution in [1.29, 1.82) is 0 Å². The fraction of sp³-hybridized carbons (Fsp3) is 0.600. The second-order valence-electron chi connectivity index (χ2n) is 3.75. The second-order valence-corrected chi connectivity index (χ2v) is 3.75. The van der Waals surface area contributed by atoms with Crippen LogP contribution in [0, 0.1) is 0 Å². The van der Waals surface area contributed by atoms with Gasteiger partial charge in [0.15, 0.2) is 0 Å². The van der Waals surface area contributed by atoms with E-state index in [1.807, 2.05) is 14.1 Å². The molecule has 2 N–H and O–H groups in total. The van der Waals surface area contributed by atoms with E-state index in [2.05, 4.69) is 20.4 Å². The molecule has 0 fully saturated rings. The van der Waals surface area contributed by atoms with E-state index in [4.69, 9.17) is 0 Å². The van der Waals surface area contributed by atoms with Crippen LogP contribution in [-0.4, -0.2) is 48.2 Å². The minimum absolute atomic E-state index is 0.0615. The van der Waals surface area contributed by atoms with Crippen LogP contribution in [0.25, 0.3) is 0 Å². The van der Waals surface area contributed by atoms with E-state index in [9.17, 15) is 4.79 Å². The normalized spacial score (nSPS) is 10.6. The molecule has 0 aliphatic carbocycles. The van der Waals surface area contributed by atoms with E-state index < -0.39 is 0 Å². The van der Waals surface area contributed by atoms with Gasteiger partial charge < -0.3 is 10.2 Å². The number of aromatic amines is 1. The van der Waals surface area contributed by atoms with Crippen LogP contribution in [0.3, 0.4) is 0 Å². The summed E-state index contributed by atoms with van der Waals surface area (Å²) in [5.41, 5.74) is 0.586. The summed E-state index contributed by atoms with van der Waals surface area (Å²) < 4.78 is 0. The standard InChI is InChI=1S/C10H18N4O/c1-14(2)6-4-3-5-11-10(15)9-7-12-13-8-9/h7-8H,3-6H2,1-2H3,(H,11,15)(H,12,13). The molecule has 1 rings (SSSR count). The highest BCUT2D eigenvalue weighted by molar-refractivity contribution is 5.93. The number of unbranched alkanes of at least 4 members (excludes halogenated alkanes) is 1. The SMILES string of the molecule is CN(C)CCCCNC(=O)c1cn[nH]c1. The van der Waals surface area contributed by atoms with Crippen LogP contribution in [0.4, 0.5) is 0 Å². The molecule has 0 bridgehead atoms. The number of H-pyrrole nitrogens is 1. The molecule has 0 saturated heterocycles. The van der Waals surface area contributed by atoms with Crippen LogP contribution in [-0.2, 0) is 0 Å². The lowest BCUT2D eigenvalue weighted by Crippen LogP contribution is -2.24. The van der Waals surface area contributed by atoms with Crippen molar-refractivity contribution in [3.63, 3.8) is 0 Å². The predicted octanol–water partition coefficient (Wildman–Crippen LogP) is 0.481. The van der Waals surface area contributed by atoms with Gasteiger partial charge in [0.2, 0.25) is 0 Å². The minimum atomic E-state index is -0.0615. The molecule has 0 spiro atoms. The van der Waals surface area contributed by atoms with Gasteiger partial charge in [-0.3, -0.25) is 9.89 Å². The van der Waals surface area contributed by atoms with E-state index in [1.54, 1.807) is 6.20 Å². The van der Waals surface area contributed by atoms with Gasteiger partial charge in [-0.15, -0.1) is 0 Å². The van der Waals surface area contributed by atoms with Crippen molar-refractivity contribution in [3.05, 3.63) is 18.0 Å². The van der Waals surface area contributed by atoms with Gasteiger partial charge in [0.1, 0.15) is 0 Å². The van der Waals surface area contributed by atoms with Gasteiger partial charge in [-0.1, -0.05) is 0 Å². The fourth-order valence-corrected chi connectivity index (χ4v) is 1.23. The molecule has 0 aromatic carbocycles. The number of nitrogens with zero attached hydrogens (tertiary/aromatic N) is 2. The van der Waals surface area contributed by atoms with E-state index >= 15 is 0 Å². The number of hydrogen-bond donors (Lipinski definition) is 2. The Hall–Kier alpha value is -1.36. The number of nitrogens with one attached hydrogen (secondary N) is 2. The molecule has 1 aromatic rings. The molecule has 0 aliphatic rings. The van der Waals surface area contributed by atoms with Crippen molar-refractivity contribution in [1.82, 2.24) is 20.4 Å². The Morgan fingerprint density at radius 1 is 1.53 bits per heavy atom. The molecule has 15 heavy (non-hydrogen) atoms. The third-order valence-electron chi connectivity index (χ3n) is 2.08. The Kier molecular flexibility index (Phi) is 4.83. The fourth-order valence-electron chi connectivity index (χ4n) is 1.23.